The first-order valence-corrected chi connectivity index (χ1v) is 8.71. The average Bonchev–Trinajstić information content (AvgIpc) is 2.64. The van der Waals surface area contributed by atoms with E-state index in [1.807, 2.05) is 26.0 Å². The predicted octanol–water partition coefficient (Wildman–Crippen LogP) is 3.20. The molecule has 2 aromatic carbocycles. The van der Waals surface area contributed by atoms with Gasteiger partial charge in [-0.3, -0.25) is 4.79 Å². The van der Waals surface area contributed by atoms with Crippen LogP contribution in [0.15, 0.2) is 36.4 Å². The molecule has 0 aliphatic carbocycles. The first kappa shape index (κ1) is 20.6. The maximum absolute atomic E-state index is 11.8. The Morgan fingerprint density at radius 3 is 2.26 bits per heavy atom. The molecule has 0 atom stereocenters. The van der Waals surface area contributed by atoms with Crippen LogP contribution in [-0.4, -0.2) is 32.2 Å². The molecule has 6 nitrogen and oxygen atoms in total. The summed E-state index contributed by atoms with van der Waals surface area (Å²) in [7, 11) is 1.59. The number of carbonyl (C=O) groups excluding carboxylic acids is 2. The van der Waals surface area contributed by atoms with Gasteiger partial charge < -0.3 is 19.5 Å². The number of aryl methyl sites for hydroxylation is 2. The highest BCUT2D eigenvalue weighted by Gasteiger charge is 2.11. The van der Waals surface area contributed by atoms with Crippen molar-refractivity contribution in [3.63, 3.8) is 0 Å². The number of nitrogens with one attached hydrogen (secondary N) is 1. The van der Waals surface area contributed by atoms with Crippen molar-refractivity contribution in [2.24, 2.45) is 0 Å². The Labute approximate surface area is 163 Å². The highest BCUT2D eigenvalue weighted by molar-refractivity contribution is 6.30. The summed E-state index contributed by atoms with van der Waals surface area (Å²) >= 11 is 5.96. The van der Waals surface area contributed by atoms with E-state index in [1.54, 1.807) is 31.4 Å². The molecule has 7 heteroatoms. The minimum atomic E-state index is -0.622. The third-order valence-electron chi connectivity index (χ3n) is 3.77. The smallest absolute Gasteiger partial charge is 0.344 e. The lowest BCUT2D eigenvalue weighted by atomic mass is 10.1. The Bertz CT molecular complexity index is 782. The van der Waals surface area contributed by atoms with Gasteiger partial charge in [0.25, 0.3) is 5.91 Å². The monoisotopic (exact) mass is 391 g/mol. The summed E-state index contributed by atoms with van der Waals surface area (Å²) in [6.45, 7) is 3.37. The standard InChI is InChI=1S/C20H22ClNO5/c1-13-8-16(21)9-14(2)20(13)27-12-19(24)26-11-18(23)22-10-15-4-6-17(25-3)7-5-15/h4-9H,10-12H2,1-3H3,(H,22,23). The molecule has 144 valence electrons. The zero-order valence-electron chi connectivity index (χ0n) is 15.5. The van der Waals surface area contributed by atoms with E-state index in [0.29, 0.717) is 17.3 Å². The molecule has 27 heavy (non-hydrogen) atoms. The van der Waals surface area contributed by atoms with Gasteiger partial charge in [0, 0.05) is 11.6 Å². The minimum Gasteiger partial charge on any atom is -0.497 e. The molecule has 1 N–H and O–H groups in total. The highest BCUT2D eigenvalue weighted by Crippen LogP contribution is 2.26. The summed E-state index contributed by atoms with van der Waals surface area (Å²) in [4.78, 5) is 23.6. The van der Waals surface area contributed by atoms with Gasteiger partial charge in [0.1, 0.15) is 11.5 Å². The number of rotatable bonds is 8. The number of ether oxygens (including phenoxy) is 3. The number of esters is 1. The minimum absolute atomic E-state index is 0.283. The lowest BCUT2D eigenvalue weighted by molar-refractivity contribution is -0.150. The highest BCUT2D eigenvalue weighted by atomic mass is 35.5. The van der Waals surface area contributed by atoms with Gasteiger partial charge in [-0.2, -0.15) is 0 Å². The lowest BCUT2D eigenvalue weighted by Crippen LogP contribution is -2.29. The first-order chi connectivity index (χ1) is 12.9. The topological polar surface area (TPSA) is 73.9 Å². The van der Waals surface area contributed by atoms with Crippen molar-refractivity contribution in [1.82, 2.24) is 5.32 Å². The molecule has 0 fully saturated rings. The maximum atomic E-state index is 11.8. The van der Waals surface area contributed by atoms with E-state index in [0.717, 1.165) is 22.4 Å². The van der Waals surface area contributed by atoms with Crippen LogP contribution in [-0.2, 0) is 20.9 Å². The Balaban J connectivity index is 1.72. The third-order valence-corrected chi connectivity index (χ3v) is 3.99. The van der Waals surface area contributed by atoms with E-state index in [4.69, 9.17) is 25.8 Å². The Kier molecular flexibility index (Phi) is 7.49. The van der Waals surface area contributed by atoms with Crippen molar-refractivity contribution in [2.45, 2.75) is 20.4 Å². The summed E-state index contributed by atoms with van der Waals surface area (Å²) in [5, 5.41) is 3.28. The van der Waals surface area contributed by atoms with Gasteiger partial charge in [-0.05, 0) is 54.8 Å². The van der Waals surface area contributed by atoms with Crippen molar-refractivity contribution in [1.29, 1.82) is 0 Å². The first-order valence-electron chi connectivity index (χ1n) is 8.34. The fraction of sp³-hybridized carbons (Fsp3) is 0.300. The molecule has 0 saturated carbocycles. The summed E-state index contributed by atoms with van der Waals surface area (Å²) in [6, 6.07) is 10.8. The van der Waals surface area contributed by atoms with Gasteiger partial charge in [0.2, 0.25) is 0 Å². The van der Waals surface area contributed by atoms with Crippen LogP contribution in [0.2, 0.25) is 5.02 Å². The molecule has 0 unspecified atom stereocenters. The van der Waals surface area contributed by atoms with E-state index in [9.17, 15) is 9.59 Å². The van der Waals surface area contributed by atoms with E-state index in [-0.39, 0.29) is 13.2 Å². The van der Waals surface area contributed by atoms with Crippen molar-refractivity contribution >= 4 is 23.5 Å². The second-order valence-electron chi connectivity index (χ2n) is 5.94. The molecule has 0 aliphatic heterocycles. The van der Waals surface area contributed by atoms with Gasteiger partial charge in [0.15, 0.2) is 13.2 Å². The molecule has 0 spiro atoms. The zero-order valence-corrected chi connectivity index (χ0v) is 16.3. The van der Waals surface area contributed by atoms with E-state index in [2.05, 4.69) is 5.32 Å². The average molecular weight is 392 g/mol. The number of benzene rings is 2. The Morgan fingerprint density at radius 1 is 1.04 bits per heavy atom. The number of hydrogen-bond acceptors (Lipinski definition) is 5. The molecular formula is C20H22ClNO5. The number of amides is 1. The van der Waals surface area contributed by atoms with Gasteiger partial charge >= 0.3 is 5.97 Å². The second kappa shape index (κ2) is 9.83. The van der Waals surface area contributed by atoms with E-state index < -0.39 is 11.9 Å². The fourth-order valence-corrected chi connectivity index (χ4v) is 2.77. The Hall–Kier alpha value is -2.73. The van der Waals surface area contributed by atoms with Gasteiger partial charge in [-0.1, -0.05) is 23.7 Å². The molecule has 2 rings (SSSR count). The van der Waals surface area contributed by atoms with Gasteiger partial charge in [0.05, 0.1) is 7.11 Å². The normalized spacial score (nSPS) is 10.2. The summed E-state index contributed by atoms with van der Waals surface area (Å²) in [5.41, 5.74) is 2.56. The second-order valence-corrected chi connectivity index (χ2v) is 6.38. The van der Waals surface area contributed by atoms with Crippen LogP contribution in [0.3, 0.4) is 0 Å². The zero-order chi connectivity index (χ0) is 19.8. The van der Waals surface area contributed by atoms with Crippen LogP contribution >= 0.6 is 11.6 Å². The van der Waals surface area contributed by atoms with Crippen LogP contribution in [0.4, 0.5) is 0 Å². The number of hydrogen-bond donors (Lipinski definition) is 1. The van der Waals surface area contributed by atoms with E-state index in [1.165, 1.54) is 0 Å². The molecule has 0 aromatic heterocycles. The fourth-order valence-electron chi connectivity index (χ4n) is 2.44. The number of halogens is 1. The summed E-state index contributed by atoms with van der Waals surface area (Å²) < 4.78 is 15.5. The lowest BCUT2D eigenvalue weighted by Gasteiger charge is -2.12. The molecule has 0 saturated heterocycles. The van der Waals surface area contributed by atoms with Crippen LogP contribution in [0.1, 0.15) is 16.7 Å². The molecule has 1 amide bonds. The molecule has 0 radical (unpaired) electrons. The molecule has 0 heterocycles. The quantitative estimate of drug-likeness (QED) is 0.699. The van der Waals surface area contributed by atoms with Crippen LogP contribution in [0.5, 0.6) is 11.5 Å². The van der Waals surface area contributed by atoms with Crippen LogP contribution < -0.4 is 14.8 Å². The largest absolute Gasteiger partial charge is 0.497 e. The van der Waals surface area contributed by atoms with Crippen molar-refractivity contribution < 1.29 is 23.8 Å². The van der Waals surface area contributed by atoms with Gasteiger partial charge in [-0.25, -0.2) is 4.79 Å². The van der Waals surface area contributed by atoms with Crippen LogP contribution in [0, 0.1) is 13.8 Å². The summed E-state index contributed by atoms with van der Waals surface area (Å²) in [5.74, 6) is 0.312. The van der Waals surface area contributed by atoms with Crippen molar-refractivity contribution in [2.75, 3.05) is 20.3 Å². The Morgan fingerprint density at radius 2 is 1.67 bits per heavy atom. The molecule has 2 aromatic rings. The van der Waals surface area contributed by atoms with Gasteiger partial charge in [-0.15, -0.1) is 0 Å². The van der Waals surface area contributed by atoms with Crippen LogP contribution in [0.25, 0.3) is 0 Å². The molecular weight excluding hydrogens is 370 g/mol. The predicted molar refractivity (Wildman–Crippen MR) is 102 cm³/mol. The molecule has 0 aliphatic rings. The third kappa shape index (κ3) is 6.49. The number of carbonyl (C=O) groups is 2. The molecule has 0 bridgehead atoms. The maximum Gasteiger partial charge on any atom is 0.344 e. The summed E-state index contributed by atoms with van der Waals surface area (Å²) in [6.07, 6.45) is 0. The van der Waals surface area contributed by atoms with E-state index >= 15 is 0 Å². The number of methoxy groups -OCH3 is 1. The SMILES string of the molecule is COc1ccc(CNC(=O)COC(=O)COc2c(C)cc(Cl)cc2C)cc1. The van der Waals surface area contributed by atoms with Crippen molar-refractivity contribution in [3.05, 3.63) is 58.1 Å². The van der Waals surface area contributed by atoms with Crippen molar-refractivity contribution in [3.8, 4) is 11.5 Å².